The number of allylic oxidation sites excluding steroid dienone is 28. The van der Waals surface area contributed by atoms with Gasteiger partial charge in [0.1, 0.15) is 19.8 Å². The van der Waals surface area contributed by atoms with E-state index in [9.17, 15) is 19.0 Å². The molecule has 2 atom stereocenters. The van der Waals surface area contributed by atoms with Gasteiger partial charge in [0, 0.05) is 12.8 Å². The van der Waals surface area contributed by atoms with Crippen molar-refractivity contribution >= 4 is 19.8 Å². The highest BCUT2D eigenvalue weighted by Crippen LogP contribution is 2.38. The van der Waals surface area contributed by atoms with E-state index in [1.54, 1.807) is 0 Å². The quantitative estimate of drug-likeness (QED) is 0.0195. The van der Waals surface area contributed by atoms with E-state index in [2.05, 4.69) is 184 Å². The predicted molar refractivity (Wildman–Crippen MR) is 433 cm³/mol. The number of carbonyl (C=O) groups is 2. The molecular formula is C90H152NO8P. The molecule has 0 bridgehead atoms. The van der Waals surface area contributed by atoms with Crippen LogP contribution in [0.15, 0.2) is 170 Å². The molecule has 0 amide bonds. The average Bonchev–Trinajstić information content (AvgIpc) is 1.30. The summed E-state index contributed by atoms with van der Waals surface area (Å²) in [6.45, 7) is 4.03. The molecule has 0 saturated heterocycles. The summed E-state index contributed by atoms with van der Waals surface area (Å²) in [5, 5.41) is 0. The number of unbranched alkanes of at least 4 members (excludes halogenated alkanes) is 32. The van der Waals surface area contributed by atoms with Crippen LogP contribution in [0.3, 0.4) is 0 Å². The number of nitrogens with zero attached hydrogens (tertiary/aromatic N) is 1. The van der Waals surface area contributed by atoms with E-state index >= 15 is 0 Å². The minimum Gasteiger partial charge on any atom is -0.756 e. The summed E-state index contributed by atoms with van der Waals surface area (Å²) < 4.78 is 34.4. The molecule has 0 saturated carbocycles. The Hall–Kier alpha value is -4.63. The zero-order valence-electron chi connectivity index (χ0n) is 65.1. The summed E-state index contributed by atoms with van der Waals surface area (Å²) in [6, 6.07) is 0. The van der Waals surface area contributed by atoms with Crippen molar-refractivity contribution in [3.63, 3.8) is 0 Å². The first kappa shape index (κ1) is 95.4. The van der Waals surface area contributed by atoms with Crippen molar-refractivity contribution in [3.8, 4) is 0 Å². The molecule has 0 radical (unpaired) electrons. The van der Waals surface area contributed by atoms with Gasteiger partial charge in [-0.2, -0.15) is 0 Å². The van der Waals surface area contributed by atoms with E-state index in [1.165, 1.54) is 173 Å². The van der Waals surface area contributed by atoms with Crippen LogP contribution >= 0.6 is 7.82 Å². The fourth-order valence-corrected chi connectivity index (χ4v) is 11.8. The Balaban J connectivity index is 3.98. The summed E-state index contributed by atoms with van der Waals surface area (Å²) in [4.78, 5) is 38.2. The Morgan fingerprint density at radius 2 is 0.540 bits per heavy atom. The van der Waals surface area contributed by atoms with Crippen LogP contribution in [-0.2, 0) is 32.7 Å². The molecule has 100 heavy (non-hydrogen) atoms. The van der Waals surface area contributed by atoms with Crippen molar-refractivity contribution in [2.75, 3.05) is 47.5 Å². The highest BCUT2D eigenvalue weighted by atomic mass is 31.2. The van der Waals surface area contributed by atoms with Crippen molar-refractivity contribution in [1.29, 1.82) is 0 Å². The van der Waals surface area contributed by atoms with Gasteiger partial charge in [0.15, 0.2) is 6.10 Å². The lowest BCUT2D eigenvalue weighted by Gasteiger charge is -2.28. The van der Waals surface area contributed by atoms with Gasteiger partial charge in [-0.1, -0.05) is 364 Å². The lowest BCUT2D eigenvalue weighted by Crippen LogP contribution is -2.37. The van der Waals surface area contributed by atoms with Crippen LogP contribution in [0.25, 0.3) is 0 Å². The smallest absolute Gasteiger partial charge is 0.306 e. The number of esters is 2. The van der Waals surface area contributed by atoms with Gasteiger partial charge < -0.3 is 27.9 Å². The van der Waals surface area contributed by atoms with Crippen LogP contribution in [0.2, 0.25) is 0 Å². The molecule has 570 valence electrons. The van der Waals surface area contributed by atoms with Crippen molar-refractivity contribution in [2.24, 2.45) is 0 Å². The molecule has 0 aliphatic carbocycles. The molecule has 0 aromatic carbocycles. The molecular weight excluding hydrogens is 1250 g/mol. The molecule has 0 aromatic heterocycles. The first-order chi connectivity index (χ1) is 49.0. The number of ether oxygens (including phenoxy) is 2. The summed E-state index contributed by atoms with van der Waals surface area (Å²) in [6.07, 6.45) is 119. The molecule has 0 fully saturated rings. The SMILES string of the molecule is CC/C=C\C/C=C\C/C=C\C/C=C\C/C=C\C/C=C\C/C=C\CCCCCCCCCCCCCCCCCCCCCC(=O)OC(COC(=O)CCCCCCCCCCCCCCC/C=C\C/C=C\C/C=C\C/C=C\C/C=C\C/C=C\C/C=C\CC)COP(=O)([O-])OCC[N+](C)(C)C. The molecule has 0 rings (SSSR count). The van der Waals surface area contributed by atoms with Gasteiger partial charge in [-0.15, -0.1) is 0 Å². The second kappa shape index (κ2) is 78.5. The number of carbonyl (C=O) groups excluding carboxylic acids is 2. The topological polar surface area (TPSA) is 111 Å². The summed E-state index contributed by atoms with van der Waals surface area (Å²) in [5.74, 6) is -0.830. The lowest BCUT2D eigenvalue weighted by molar-refractivity contribution is -0.870. The number of hydrogen-bond donors (Lipinski definition) is 0. The highest BCUT2D eigenvalue weighted by molar-refractivity contribution is 7.45. The maximum atomic E-state index is 12.9. The van der Waals surface area contributed by atoms with Crippen molar-refractivity contribution in [1.82, 2.24) is 0 Å². The van der Waals surface area contributed by atoms with Crippen molar-refractivity contribution in [2.45, 2.75) is 341 Å². The standard InChI is InChI=1S/C90H152NO8P/c1-6-8-10-12-14-16-18-20-22-24-26-28-30-32-34-36-38-40-42-43-44-45-46-47-49-51-53-55-57-59-61-63-65-67-69-71-73-75-77-79-81-83-90(93)99-88(87-98-100(94,95)97-85-84-91(3,4)5)86-96-89(92)82-80-78-76-74-72-70-68-66-64-62-60-58-56-54-52-50-48-41-39-37-35-33-31-29-27-25-23-21-19-17-15-13-11-9-7-2/h8-11,14-17,20-23,26-29,32-35,38-41,43-44,50,52,88H,6-7,12-13,18-19,24-25,30-31,36-37,42,45-49,51,53-87H2,1-5H3/b10-8-,11-9-,16-14-,17-15-,22-20-,23-21-,28-26-,29-27-,34-32-,35-33-,40-38-,41-39-,44-43-,52-50-. The van der Waals surface area contributed by atoms with Crippen molar-refractivity contribution < 1.29 is 42.1 Å². The van der Waals surface area contributed by atoms with E-state index in [0.29, 0.717) is 17.4 Å². The average molecular weight is 1410 g/mol. The molecule has 2 unspecified atom stereocenters. The zero-order valence-corrected chi connectivity index (χ0v) is 66.0. The zero-order chi connectivity index (χ0) is 72.5. The molecule has 0 heterocycles. The molecule has 0 aliphatic heterocycles. The fraction of sp³-hybridized carbons (Fsp3) is 0.667. The first-order valence-electron chi connectivity index (χ1n) is 40.8. The molecule has 0 spiro atoms. The second-order valence-corrected chi connectivity index (χ2v) is 29.4. The largest absolute Gasteiger partial charge is 0.756 e. The van der Waals surface area contributed by atoms with Crippen LogP contribution in [0, 0.1) is 0 Å². The Bertz CT molecular complexity index is 2300. The predicted octanol–water partition coefficient (Wildman–Crippen LogP) is 27.0. The number of quaternary nitrogens is 1. The monoisotopic (exact) mass is 1410 g/mol. The third-order valence-electron chi connectivity index (χ3n) is 17.2. The minimum atomic E-state index is -4.65. The van der Waals surface area contributed by atoms with Gasteiger partial charge in [-0.05, 0) is 128 Å². The van der Waals surface area contributed by atoms with Gasteiger partial charge in [-0.3, -0.25) is 14.2 Å². The van der Waals surface area contributed by atoms with Gasteiger partial charge >= 0.3 is 11.9 Å². The maximum Gasteiger partial charge on any atom is 0.306 e. The van der Waals surface area contributed by atoms with Gasteiger partial charge in [0.25, 0.3) is 7.82 Å². The number of phosphoric ester groups is 1. The van der Waals surface area contributed by atoms with Crippen LogP contribution in [0.4, 0.5) is 0 Å². The minimum absolute atomic E-state index is 0.0358. The molecule has 0 aliphatic rings. The number of hydrogen-bond acceptors (Lipinski definition) is 8. The van der Waals surface area contributed by atoms with Crippen LogP contribution in [-0.4, -0.2) is 70.0 Å². The Kier molecular flexibility index (Phi) is 74.9. The highest BCUT2D eigenvalue weighted by Gasteiger charge is 2.22. The number of phosphoric acid groups is 1. The maximum absolute atomic E-state index is 12.9. The Morgan fingerprint density at radius 1 is 0.310 bits per heavy atom. The third-order valence-corrected chi connectivity index (χ3v) is 18.2. The number of rotatable bonds is 74. The van der Waals surface area contributed by atoms with Crippen LogP contribution in [0.5, 0.6) is 0 Å². The van der Waals surface area contributed by atoms with E-state index < -0.39 is 26.5 Å². The first-order valence-corrected chi connectivity index (χ1v) is 42.3. The molecule has 9 nitrogen and oxygen atoms in total. The van der Waals surface area contributed by atoms with Gasteiger partial charge in [0.05, 0.1) is 27.7 Å². The number of likely N-dealkylation sites (N-methyl/N-ethyl adjacent to an activating group) is 1. The Labute approximate surface area is 617 Å². The van der Waals surface area contributed by atoms with Gasteiger partial charge in [0.2, 0.25) is 0 Å². The van der Waals surface area contributed by atoms with Gasteiger partial charge in [-0.25, -0.2) is 0 Å². The Morgan fingerprint density at radius 3 is 0.800 bits per heavy atom. The molecule has 0 N–H and O–H groups in total. The van der Waals surface area contributed by atoms with E-state index in [1.807, 2.05) is 21.1 Å². The van der Waals surface area contributed by atoms with Crippen LogP contribution in [0.1, 0.15) is 335 Å². The van der Waals surface area contributed by atoms with E-state index in [-0.39, 0.29) is 32.0 Å². The van der Waals surface area contributed by atoms with Crippen molar-refractivity contribution in [3.05, 3.63) is 170 Å². The van der Waals surface area contributed by atoms with E-state index in [0.717, 1.165) is 128 Å². The fourth-order valence-electron chi connectivity index (χ4n) is 11.1. The summed E-state index contributed by atoms with van der Waals surface area (Å²) in [7, 11) is 1.16. The molecule has 0 aromatic rings. The summed E-state index contributed by atoms with van der Waals surface area (Å²) >= 11 is 0. The summed E-state index contributed by atoms with van der Waals surface area (Å²) in [5.41, 5.74) is 0. The normalized spacial score (nSPS) is 13.9. The third kappa shape index (κ3) is 82.3. The van der Waals surface area contributed by atoms with Crippen LogP contribution < -0.4 is 4.89 Å². The molecule has 10 heteroatoms. The van der Waals surface area contributed by atoms with E-state index in [4.69, 9.17) is 18.5 Å². The second-order valence-electron chi connectivity index (χ2n) is 28.0. The lowest BCUT2D eigenvalue weighted by atomic mass is 10.0.